The Kier molecular flexibility index (Phi) is 4.34. The molecule has 2 unspecified atom stereocenters. The van der Waals surface area contributed by atoms with Gasteiger partial charge in [0.1, 0.15) is 0 Å². The lowest BCUT2D eigenvalue weighted by molar-refractivity contribution is 0.154. The van der Waals surface area contributed by atoms with Crippen LogP contribution in [0.5, 0.6) is 0 Å². The molecule has 2 aliphatic heterocycles. The van der Waals surface area contributed by atoms with Crippen molar-refractivity contribution in [3.05, 3.63) is 0 Å². The van der Waals surface area contributed by atoms with Crippen molar-refractivity contribution < 1.29 is 8.42 Å². The van der Waals surface area contributed by atoms with Crippen LogP contribution in [0.3, 0.4) is 0 Å². The van der Waals surface area contributed by atoms with E-state index >= 15 is 0 Å². The summed E-state index contributed by atoms with van der Waals surface area (Å²) < 4.78 is 23.2. The fourth-order valence-corrected chi connectivity index (χ4v) is 5.06. The van der Waals surface area contributed by atoms with E-state index in [0.29, 0.717) is 18.1 Å². The molecule has 0 aromatic heterocycles. The van der Waals surface area contributed by atoms with Crippen LogP contribution < -0.4 is 5.32 Å². The Balaban J connectivity index is 2.00. The topological polar surface area (TPSA) is 49.4 Å². The quantitative estimate of drug-likeness (QED) is 0.832. The number of sulfone groups is 1. The molecule has 18 heavy (non-hydrogen) atoms. The molecule has 0 aliphatic carbocycles. The van der Waals surface area contributed by atoms with E-state index in [1.807, 2.05) is 6.92 Å². The van der Waals surface area contributed by atoms with Crippen molar-refractivity contribution in [2.75, 3.05) is 31.1 Å². The van der Waals surface area contributed by atoms with Gasteiger partial charge in [-0.3, -0.25) is 4.90 Å². The first kappa shape index (κ1) is 14.3. The number of nitrogens with zero attached hydrogens (tertiary/aromatic N) is 1. The Morgan fingerprint density at radius 1 is 1.44 bits per heavy atom. The van der Waals surface area contributed by atoms with Gasteiger partial charge in [0, 0.05) is 24.7 Å². The minimum absolute atomic E-state index is 0.167. The van der Waals surface area contributed by atoms with E-state index in [1.54, 1.807) is 0 Å². The van der Waals surface area contributed by atoms with Crippen LogP contribution in [-0.4, -0.2) is 56.0 Å². The minimum atomic E-state index is -2.79. The van der Waals surface area contributed by atoms with E-state index in [2.05, 4.69) is 17.1 Å². The lowest BCUT2D eigenvalue weighted by Crippen LogP contribution is -2.56. The molecule has 2 atom stereocenters. The van der Waals surface area contributed by atoms with Gasteiger partial charge in [-0.2, -0.15) is 0 Å². The first-order valence-electron chi connectivity index (χ1n) is 7.16. The Labute approximate surface area is 111 Å². The number of hydrogen-bond donors (Lipinski definition) is 1. The van der Waals surface area contributed by atoms with E-state index in [0.717, 1.165) is 13.1 Å². The molecular weight excluding hydrogens is 248 g/mol. The highest BCUT2D eigenvalue weighted by atomic mass is 32.2. The Morgan fingerprint density at radius 2 is 2.22 bits per heavy atom. The van der Waals surface area contributed by atoms with E-state index in [9.17, 15) is 8.42 Å². The van der Waals surface area contributed by atoms with Crippen LogP contribution in [0.4, 0.5) is 0 Å². The lowest BCUT2D eigenvalue weighted by atomic mass is 9.91. The Bertz CT molecular complexity index is 374. The van der Waals surface area contributed by atoms with E-state index < -0.39 is 9.84 Å². The number of hydrogen-bond acceptors (Lipinski definition) is 4. The summed E-state index contributed by atoms with van der Waals surface area (Å²) in [5.74, 6) is 0.661. The molecule has 1 N–H and O–H groups in total. The van der Waals surface area contributed by atoms with Gasteiger partial charge < -0.3 is 5.32 Å². The van der Waals surface area contributed by atoms with Crippen molar-refractivity contribution >= 4 is 9.84 Å². The monoisotopic (exact) mass is 274 g/mol. The third kappa shape index (κ3) is 3.25. The van der Waals surface area contributed by atoms with Crippen molar-refractivity contribution in [2.45, 2.75) is 51.1 Å². The van der Waals surface area contributed by atoms with E-state index in [4.69, 9.17) is 0 Å². The summed E-state index contributed by atoms with van der Waals surface area (Å²) in [4.78, 5) is 2.37. The molecule has 2 rings (SSSR count). The second kappa shape index (κ2) is 5.47. The maximum absolute atomic E-state index is 11.6. The van der Waals surface area contributed by atoms with Crippen LogP contribution in [0.2, 0.25) is 0 Å². The molecule has 5 heteroatoms. The second-order valence-electron chi connectivity index (χ2n) is 5.99. The highest BCUT2D eigenvalue weighted by Crippen LogP contribution is 2.27. The average Bonchev–Trinajstić information content (AvgIpc) is 2.71. The summed E-state index contributed by atoms with van der Waals surface area (Å²) in [5.41, 5.74) is 0.240. The minimum Gasteiger partial charge on any atom is -0.310 e. The molecule has 0 bridgehead atoms. The number of rotatable bonds is 4. The smallest absolute Gasteiger partial charge is 0.153 e. The fourth-order valence-electron chi connectivity index (χ4n) is 3.43. The second-order valence-corrected chi connectivity index (χ2v) is 8.22. The molecule has 0 amide bonds. The predicted molar refractivity (Wildman–Crippen MR) is 74.6 cm³/mol. The summed E-state index contributed by atoms with van der Waals surface area (Å²) in [6, 6.07) is 0.167. The van der Waals surface area contributed by atoms with Crippen LogP contribution in [-0.2, 0) is 9.84 Å². The SMILES string of the molecule is CCCC1(CN2CCS(=O)(=O)CC2C)CCCN1. The molecule has 0 radical (unpaired) electrons. The summed E-state index contributed by atoms with van der Waals surface area (Å²) in [6.45, 7) is 7.10. The van der Waals surface area contributed by atoms with Gasteiger partial charge in [-0.1, -0.05) is 13.3 Å². The van der Waals surface area contributed by atoms with Crippen LogP contribution in [0.15, 0.2) is 0 Å². The summed E-state index contributed by atoms with van der Waals surface area (Å²) >= 11 is 0. The Hall–Kier alpha value is -0.130. The molecular formula is C13H26N2O2S. The molecule has 0 spiro atoms. The van der Waals surface area contributed by atoms with Crippen LogP contribution in [0.1, 0.15) is 39.5 Å². The number of nitrogens with one attached hydrogen (secondary N) is 1. The average molecular weight is 274 g/mol. The fraction of sp³-hybridized carbons (Fsp3) is 1.00. The van der Waals surface area contributed by atoms with Gasteiger partial charge in [0.05, 0.1) is 11.5 Å². The summed E-state index contributed by atoms with van der Waals surface area (Å²) in [6.07, 6.45) is 4.87. The third-order valence-electron chi connectivity index (χ3n) is 4.37. The standard InChI is InChI=1S/C13H26N2O2S/c1-3-5-13(6-4-7-14-13)11-15-8-9-18(16,17)10-12(15)2/h12,14H,3-11H2,1-2H3. The molecule has 0 aromatic rings. The third-order valence-corrected chi connectivity index (χ3v) is 6.17. The molecule has 2 saturated heterocycles. The van der Waals surface area contributed by atoms with Gasteiger partial charge >= 0.3 is 0 Å². The van der Waals surface area contributed by atoms with Gasteiger partial charge in [-0.25, -0.2) is 8.42 Å². The van der Waals surface area contributed by atoms with Crippen molar-refractivity contribution in [3.8, 4) is 0 Å². The lowest BCUT2D eigenvalue weighted by Gasteiger charge is -2.40. The van der Waals surface area contributed by atoms with Crippen molar-refractivity contribution in [3.63, 3.8) is 0 Å². The first-order chi connectivity index (χ1) is 8.46. The molecule has 106 valence electrons. The maximum atomic E-state index is 11.6. The predicted octanol–water partition coefficient (Wildman–Crippen LogP) is 1.03. The van der Waals surface area contributed by atoms with Crippen molar-refractivity contribution in [1.29, 1.82) is 0 Å². The zero-order valence-electron chi connectivity index (χ0n) is 11.6. The maximum Gasteiger partial charge on any atom is 0.153 e. The molecule has 4 nitrogen and oxygen atoms in total. The van der Waals surface area contributed by atoms with Crippen LogP contribution >= 0.6 is 0 Å². The molecule has 2 aliphatic rings. The van der Waals surface area contributed by atoms with Gasteiger partial charge in [0.15, 0.2) is 9.84 Å². The Morgan fingerprint density at radius 3 is 2.78 bits per heavy atom. The molecule has 0 saturated carbocycles. The van der Waals surface area contributed by atoms with Crippen molar-refractivity contribution in [2.24, 2.45) is 0 Å². The highest BCUT2D eigenvalue weighted by Gasteiger charge is 2.37. The van der Waals surface area contributed by atoms with Gasteiger partial charge in [-0.15, -0.1) is 0 Å². The molecule has 2 heterocycles. The van der Waals surface area contributed by atoms with Crippen LogP contribution in [0, 0.1) is 0 Å². The normalized spacial score (nSPS) is 36.9. The largest absolute Gasteiger partial charge is 0.310 e. The summed E-state index contributed by atoms with van der Waals surface area (Å²) in [5, 5.41) is 3.67. The van der Waals surface area contributed by atoms with E-state index in [-0.39, 0.29) is 11.6 Å². The van der Waals surface area contributed by atoms with Gasteiger partial charge in [-0.05, 0) is 32.7 Å². The van der Waals surface area contributed by atoms with Gasteiger partial charge in [0.2, 0.25) is 0 Å². The molecule has 2 fully saturated rings. The van der Waals surface area contributed by atoms with E-state index in [1.165, 1.54) is 25.7 Å². The first-order valence-corrected chi connectivity index (χ1v) is 8.98. The van der Waals surface area contributed by atoms with Crippen molar-refractivity contribution in [1.82, 2.24) is 10.2 Å². The summed E-state index contributed by atoms with van der Waals surface area (Å²) in [7, 11) is -2.79. The zero-order chi connectivity index (χ0) is 13.2. The van der Waals surface area contributed by atoms with Crippen LogP contribution in [0.25, 0.3) is 0 Å². The van der Waals surface area contributed by atoms with Gasteiger partial charge in [0.25, 0.3) is 0 Å². The highest BCUT2D eigenvalue weighted by molar-refractivity contribution is 7.91. The molecule has 0 aromatic carbocycles. The zero-order valence-corrected chi connectivity index (χ0v) is 12.4.